The minimum atomic E-state index is -1.22. The summed E-state index contributed by atoms with van der Waals surface area (Å²) in [6.45, 7) is 0.202. The van der Waals surface area contributed by atoms with Gasteiger partial charge >= 0.3 is 0 Å². The van der Waals surface area contributed by atoms with E-state index in [9.17, 15) is 0 Å². The average molecular weight is 193 g/mol. The zero-order valence-electron chi connectivity index (χ0n) is 4.61. The lowest BCUT2D eigenvalue weighted by atomic mass is 10.3. The third-order valence-electron chi connectivity index (χ3n) is 0.696. The molecule has 0 rings (SSSR count). The Hall–Kier alpha value is 0.790. The van der Waals surface area contributed by atoms with E-state index in [-0.39, 0.29) is 6.61 Å². The standard InChI is InChI=1S/C4H7Cl3O2/c5-4(6,7)2-1-3-9-8/h8H,1-3H2. The first kappa shape index (κ1) is 9.79. The molecule has 56 valence electrons. The lowest BCUT2D eigenvalue weighted by Gasteiger charge is -2.07. The van der Waals surface area contributed by atoms with Crippen LogP contribution < -0.4 is 0 Å². The SMILES string of the molecule is OOCCCC(Cl)(Cl)Cl. The molecule has 0 heterocycles. The summed E-state index contributed by atoms with van der Waals surface area (Å²) in [7, 11) is 0. The number of hydrogen-bond acceptors (Lipinski definition) is 2. The van der Waals surface area contributed by atoms with E-state index in [2.05, 4.69) is 4.89 Å². The molecule has 0 unspecified atom stereocenters. The van der Waals surface area contributed by atoms with E-state index in [1.54, 1.807) is 0 Å². The molecule has 5 heteroatoms. The van der Waals surface area contributed by atoms with Crippen molar-refractivity contribution in [3.05, 3.63) is 0 Å². The Kier molecular flexibility index (Phi) is 4.98. The van der Waals surface area contributed by atoms with Crippen LogP contribution >= 0.6 is 34.8 Å². The molecule has 0 atom stereocenters. The highest BCUT2D eigenvalue weighted by Gasteiger charge is 2.17. The molecule has 0 radical (unpaired) electrons. The predicted molar refractivity (Wildman–Crippen MR) is 38.1 cm³/mol. The molecule has 0 amide bonds. The monoisotopic (exact) mass is 192 g/mol. The maximum Gasteiger partial charge on any atom is 0.190 e. The molecule has 9 heavy (non-hydrogen) atoms. The van der Waals surface area contributed by atoms with Crippen LogP contribution in [0.1, 0.15) is 12.8 Å². The highest BCUT2D eigenvalue weighted by Crippen LogP contribution is 2.30. The zero-order valence-corrected chi connectivity index (χ0v) is 6.88. The fourth-order valence-corrected chi connectivity index (χ4v) is 0.738. The van der Waals surface area contributed by atoms with Crippen molar-refractivity contribution in [1.82, 2.24) is 0 Å². The van der Waals surface area contributed by atoms with Crippen molar-refractivity contribution in [3.8, 4) is 0 Å². The summed E-state index contributed by atoms with van der Waals surface area (Å²) in [6, 6.07) is 0. The summed E-state index contributed by atoms with van der Waals surface area (Å²) >= 11 is 16.1. The maximum atomic E-state index is 7.83. The van der Waals surface area contributed by atoms with E-state index < -0.39 is 3.79 Å². The van der Waals surface area contributed by atoms with Crippen molar-refractivity contribution >= 4 is 34.8 Å². The van der Waals surface area contributed by atoms with Gasteiger partial charge in [-0.05, 0) is 12.8 Å². The predicted octanol–water partition coefficient (Wildman–Crippen LogP) is 2.63. The van der Waals surface area contributed by atoms with Crippen LogP contribution in [0.15, 0.2) is 0 Å². The molecule has 0 aliphatic rings. The summed E-state index contributed by atoms with van der Waals surface area (Å²) in [5.41, 5.74) is 0. The number of halogens is 3. The van der Waals surface area contributed by atoms with Crippen LogP contribution in [0.25, 0.3) is 0 Å². The van der Waals surface area contributed by atoms with Gasteiger partial charge in [-0.3, -0.25) is 5.26 Å². The fraction of sp³-hybridized carbons (Fsp3) is 1.00. The van der Waals surface area contributed by atoms with Crippen LogP contribution in [0.3, 0.4) is 0 Å². The molecule has 0 fully saturated rings. The number of hydrogen-bond donors (Lipinski definition) is 1. The van der Waals surface area contributed by atoms with Gasteiger partial charge < -0.3 is 0 Å². The Morgan fingerprint density at radius 1 is 1.33 bits per heavy atom. The van der Waals surface area contributed by atoms with Gasteiger partial charge in [0.2, 0.25) is 0 Å². The van der Waals surface area contributed by atoms with Crippen LogP contribution in [-0.2, 0) is 4.89 Å². The minimum Gasteiger partial charge on any atom is -0.252 e. The van der Waals surface area contributed by atoms with Gasteiger partial charge in [0, 0.05) is 0 Å². The third kappa shape index (κ3) is 8.79. The molecular weight excluding hydrogens is 186 g/mol. The van der Waals surface area contributed by atoms with Gasteiger partial charge in [-0.2, -0.15) is 0 Å². The van der Waals surface area contributed by atoms with Gasteiger partial charge in [-0.25, -0.2) is 4.89 Å². The maximum absolute atomic E-state index is 7.83. The first-order valence-corrected chi connectivity index (χ1v) is 3.53. The molecule has 0 saturated heterocycles. The highest BCUT2D eigenvalue weighted by molar-refractivity contribution is 6.67. The summed E-state index contributed by atoms with van der Waals surface area (Å²) in [5, 5.41) is 7.83. The van der Waals surface area contributed by atoms with Gasteiger partial charge in [0.05, 0.1) is 6.61 Å². The van der Waals surface area contributed by atoms with Crippen LogP contribution in [0.4, 0.5) is 0 Å². The second-order valence-electron chi connectivity index (χ2n) is 1.55. The molecular formula is C4H7Cl3O2. The van der Waals surface area contributed by atoms with Crippen molar-refractivity contribution in [3.63, 3.8) is 0 Å². The Morgan fingerprint density at radius 3 is 2.22 bits per heavy atom. The second kappa shape index (κ2) is 4.58. The van der Waals surface area contributed by atoms with Crippen LogP contribution in [-0.4, -0.2) is 15.7 Å². The first-order chi connectivity index (χ1) is 4.06. The third-order valence-corrected chi connectivity index (χ3v) is 1.26. The Morgan fingerprint density at radius 2 is 1.89 bits per heavy atom. The summed E-state index contributed by atoms with van der Waals surface area (Å²) in [5.74, 6) is 0. The molecule has 0 saturated carbocycles. The van der Waals surface area contributed by atoms with E-state index in [0.717, 1.165) is 0 Å². The molecule has 0 spiro atoms. The molecule has 0 aromatic rings. The average Bonchev–Trinajstić information content (AvgIpc) is 1.63. The Balaban J connectivity index is 3.07. The van der Waals surface area contributed by atoms with Gasteiger partial charge in [0.1, 0.15) is 0 Å². The summed E-state index contributed by atoms with van der Waals surface area (Å²) in [4.78, 5) is 3.76. The van der Waals surface area contributed by atoms with Crippen LogP contribution in [0.2, 0.25) is 0 Å². The molecule has 0 aromatic heterocycles. The van der Waals surface area contributed by atoms with Crippen LogP contribution in [0, 0.1) is 0 Å². The lowest BCUT2D eigenvalue weighted by molar-refractivity contribution is -0.242. The Bertz CT molecular complexity index is 70.7. The quantitative estimate of drug-likeness (QED) is 0.323. The van der Waals surface area contributed by atoms with E-state index in [1.165, 1.54) is 0 Å². The van der Waals surface area contributed by atoms with Crippen molar-refractivity contribution < 1.29 is 10.1 Å². The molecule has 2 nitrogen and oxygen atoms in total. The van der Waals surface area contributed by atoms with Gasteiger partial charge in [-0.1, -0.05) is 34.8 Å². The van der Waals surface area contributed by atoms with Crippen molar-refractivity contribution in [2.45, 2.75) is 16.6 Å². The van der Waals surface area contributed by atoms with Crippen molar-refractivity contribution in [2.75, 3.05) is 6.61 Å². The van der Waals surface area contributed by atoms with Gasteiger partial charge in [-0.15, -0.1) is 0 Å². The molecule has 0 aliphatic carbocycles. The van der Waals surface area contributed by atoms with E-state index in [4.69, 9.17) is 40.1 Å². The summed E-state index contributed by atoms with van der Waals surface area (Å²) < 4.78 is -1.22. The molecule has 0 aromatic carbocycles. The molecule has 1 N–H and O–H groups in total. The summed E-state index contributed by atoms with van der Waals surface area (Å²) in [6.07, 6.45) is 0.922. The molecule has 0 bridgehead atoms. The van der Waals surface area contributed by atoms with E-state index in [1.807, 2.05) is 0 Å². The Labute approximate surface area is 68.6 Å². The second-order valence-corrected chi connectivity index (χ2v) is 4.07. The minimum absolute atomic E-state index is 0.202. The normalized spacial score (nSPS) is 12.0. The van der Waals surface area contributed by atoms with Gasteiger partial charge in [0.15, 0.2) is 3.79 Å². The number of alkyl halides is 3. The fourth-order valence-electron chi connectivity index (χ4n) is 0.337. The number of rotatable bonds is 3. The van der Waals surface area contributed by atoms with Crippen LogP contribution in [0.5, 0.6) is 0 Å². The molecule has 0 aliphatic heterocycles. The topological polar surface area (TPSA) is 29.5 Å². The largest absolute Gasteiger partial charge is 0.252 e. The van der Waals surface area contributed by atoms with E-state index in [0.29, 0.717) is 12.8 Å². The smallest absolute Gasteiger partial charge is 0.190 e. The van der Waals surface area contributed by atoms with Gasteiger partial charge in [0.25, 0.3) is 0 Å². The zero-order chi connectivity index (χ0) is 7.33. The van der Waals surface area contributed by atoms with E-state index >= 15 is 0 Å². The highest BCUT2D eigenvalue weighted by atomic mass is 35.6. The lowest BCUT2D eigenvalue weighted by Crippen LogP contribution is -2.03. The first-order valence-electron chi connectivity index (χ1n) is 2.39. The van der Waals surface area contributed by atoms with Crippen molar-refractivity contribution in [2.24, 2.45) is 0 Å². The van der Waals surface area contributed by atoms with Crippen molar-refractivity contribution in [1.29, 1.82) is 0 Å².